The fraction of sp³-hybridized carbons (Fsp3) is 0. The van der Waals surface area contributed by atoms with Gasteiger partial charge in [0.05, 0.1) is 5.02 Å². The number of anilines is 2. The summed E-state index contributed by atoms with van der Waals surface area (Å²) in [5.41, 5.74) is 7.25. The summed E-state index contributed by atoms with van der Waals surface area (Å²) in [5, 5.41) is 7.37. The SMILES string of the molecule is Nc1ccc(Cl)c(S(=O)(=O)Nc2nncs2)c1. The number of nitrogens with one attached hydrogen (secondary N) is 1. The summed E-state index contributed by atoms with van der Waals surface area (Å²) in [6.45, 7) is 0. The highest BCUT2D eigenvalue weighted by Gasteiger charge is 2.19. The summed E-state index contributed by atoms with van der Waals surface area (Å²) in [4.78, 5) is -0.0885. The van der Waals surface area contributed by atoms with Gasteiger partial charge in [-0.3, -0.25) is 4.72 Å². The van der Waals surface area contributed by atoms with E-state index >= 15 is 0 Å². The van der Waals surface area contributed by atoms with Gasteiger partial charge in [0.1, 0.15) is 10.4 Å². The molecule has 6 nitrogen and oxygen atoms in total. The fourth-order valence-electron chi connectivity index (χ4n) is 1.11. The number of nitrogen functional groups attached to an aromatic ring is 1. The van der Waals surface area contributed by atoms with Gasteiger partial charge in [0.25, 0.3) is 10.0 Å². The molecule has 1 aromatic carbocycles. The minimum absolute atomic E-state index is 0.0885. The number of halogens is 1. The van der Waals surface area contributed by atoms with Crippen LogP contribution in [0.1, 0.15) is 0 Å². The van der Waals surface area contributed by atoms with Crippen LogP contribution in [0.2, 0.25) is 5.02 Å². The second-order valence-electron chi connectivity index (χ2n) is 3.04. The maximum atomic E-state index is 12.0. The lowest BCUT2D eigenvalue weighted by Gasteiger charge is -2.07. The Labute approximate surface area is 106 Å². The van der Waals surface area contributed by atoms with Crippen molar-refractivity contribution >= 4 is 43.8 Å². The van der Waals surface area contributed by atoms with Crippen LogP contribution in [0, 0.1) is 0 Å². The lowest BCUT2D eigenvalue weighted by Crippen LogP contribution is -2.13. The minimum atomic E-state index is -3.79. The predicted octanol–water partition coefficient (Wildman–Crippen LogP) is 1.57. The van der Waals surface area contributed by atoms with E-state index in [1.54, 1.807) is 0 Å². The van der Waals surface area contributed by atoms with Crippen molar-refractivity contribution in [2.45, 2.75) is 4.90 Å². The lowest BCUT2D eigenvalue weighted by atomic mass is 10.3. The molecule has 0 saturated carbocycles. The van der Waals surface area contributed by atoms with Crippen molar-refractivity contribution in [2.24, 2.45) is 0 Å². The number of rotatable bonds is 3. The average Bonchev–Trinajstić information content (AvgIpc) is 2.73. The Morgan fingerprint density at radius 3 is 2.82 bits per heavy atom. The van der Waals surface area contributed by atoms with Crippen molar-refractivity contribution < 1.29 is 8.42 Å². The van der Waals surface area contributed by atoms with Gasteiger partial charge in [0, 0.05) is 5.69 Å². The van der Waals surface area contributed by atoms with Crippen LogP contribution in [-0.2, 0) is 10.0 Å². The molecule has 1 aromatic heterocycles. The molecule has 0 saturated heterocycles. The quantitative estimate of drug-likeness (QED) is 0.836. The summed E-state index contributed by atoms with van der Waals surface area (Å²) in [7, 11) is -3.79. The van der Waals surface area contributed by atoms with Crippen LogP contribution in [0.25, 0.3) is 0 Å². The molecule has 0 spiro atoms. The molecule has 2 aromatic rings. The van der Waals surface area contributed by atoms with Gasteiger partial charge in [-0.15, -0.1) is 10.2 Å². The van der Waals surface area contributed by atoms with Gasteiger partial charge in [0.2, 0.25) is 5.13 Å². The average molecular weight is 291 g/mol. The van der Waals surface area contributed by atoms with E-state index in [0.717, 1.165) is 11.3 Å². The molecule has 0 aliphatic heterocycles. The van der Waals surface area contributed by atoms with Crippen LogP contribution in [0.3, 0.4) is 0 Å². The number of hydrogen-bond donors (Lipinski definition) is 2. The zero-order valence-electron chi connectivity index (χ0n) is 8.29. The second kappa shape index (κ2) is 4.47. The molecule has 0 aliphatic rings. The highest BCUT2D eigenvalue weighted by atomic mass is 35.5. The largest absolute Gasteiger partial charge is 0.399 e. The van der Waals surface area contributed by atoms with Crippen LogP contribution >= 0.6 is 22.9 Å². The fourth-order valence-corrected chi connectivity index (χ4v) is 3.34. The first-order valence-corrected chi connectivity index (χ1v) is 7.07. The Bertz CT molecular complexity index is 627. The molecule has 0 unspecified atom stereocenters. The van der Waals surface area contributed by atoms with E-state index in [-0.39, 0.29) is 15.0 Å². The predicted molar refractivity (Wildman–Crippen MR) is 66.6 cm³/mol. The molecule has 1 heterocycles. The molecule has 0 aliphatic carbocycles. The van der Waals surface area contributed by atoms with Gasteiger partial charge >= 0.3 is 0 Å². The van der Waals surface area contributed by atoms with E-state index < -0.39 is 10.0 Å². The molecule has 9 heteroatoms. The molecule has 0 amide bonds. The minimum Gasteiger partial charge on any atom is -0.399 e. The molecule has 0 radical (unpaired) electrons. The number of aromatic nitrogens is 2. The third-order valence-electron chi connectivity index (χ3n) is 1.83. The van der Waals surface area contributed by atoms with Crippen LogP contribution < -0.4 is 10.5 Å². The van der Waals surface area contributed by atoms with Crippen LogP contribution in [0.15, 0.2) is 28.6 Å². The van der Waals surface area contributed by atoms with Gasteiger partial charge in [-0.2, -0.15) is 0 Å². The highest BCUT2D eigenvalue weighted by Crippen LogP contribution is 2.25. The van der Waals surface area contributed by atoms with Crippen molar-refractivity contribution in [3.05, 3.63) is 28.7 Å². The van der Waals surface area contributed by atoms with Gasteiger partial charge in [-0.25, -0.2) is 8.42 Å². The van der Waals surface area contributed by atoms with E-state index in [4.69, 9.17) is 17.3 Å². The van der Waals surface area contributed by atoms with E-state index in [1.165, 1.54) is 23.7 Å². The zero-order valence-corrected chi connectivity index (χ0v) is 10.7. The smallest absolute Gasteiger partial charge is 0.265 e. The maximum Gasteiger partial charge on any atom is 0.265 e. The molecular formula is C8H7ClN4O2S2. The van der Waals surface area contributed by atoms with Crippen molar-refractivity contribution in [1.29, 1.82) is 0 Å². The first kappa shape index (κ1) is 12.1. The molecule has 3 N–H and O–H groups in total. The summed E-state index contributed by atoms with van der Waals surface area (Å²) >= 11 is 6.88. The van der Waals surface area contributed by atoms with Gasteiger partial charge in [-0.1, -0.05) is 22.9 Å². The topological polar surface area (TPSA) is 98.0 Å². The summed E-state index contributed by atoms with van der Waals surface area (Å²) in [6.07, 6.45) is 0. The van der Waals surface area contributed by atoms with Crippen LogP contribution in [0.5, 0.6) is 0 Å². The van der Waals surface area contributed by atoms with E-state index in [0.29, 0.717) is 5.69 Å². The monoisotopic (exact) mass is 290 g/mol. The van der Waals surface area contributed by atoms with Crippen molar-refractivity contribution in [1.82, 2.24) is 10.2 Å². The van der Waals surface area contributed by atoms with Crippen LogP contribution in [0.4, 0.5) is 10.8 Å². The van der Waals surface area contributed by atoms with Gasteiger partial charge in [-0.05, 0) is 18.2 Å². The van der Waals surface area contributed by atoms with E-state index in [9.17, 15) is 8.42 Å². The first-order valence-electron chi connectivity index (χ1n) is 4.33. The summed E-state index contributed by atoms with van der Waals surface area (Å²) in [6, 6.07) is 4.23. The van der Waals surface area contributed by atoms with Gasteiger partial charge < -0.3 is 5.73 Å². The molecule has 2 rings (SSSR count). The molecular weight excluding hydrogens is 284 g/mol. The molecule has 0 fully saturated rings. The van der Waals surface area contributed by atoms with E-state index in [1.807, 2.05) is 0 Å². The van der Waals surface area contributed by atoms with Crippen molar-refractivity contribution in [2.75, 3.05) is 10.5 Å². The molecule has 0 bridgehead atoms. The molecule has 0 atom stereocenters. The highest BCUT2D eigenvalue weighted by molar-refractivity contribution is 7.93. The number of sulfonamides is 1. The van der Waals surface area contributed by atoms with Crippen LogP contribution in [-0.4, -0.2) is 18.6 Å². The first-order chi connectivity index (χ1) is 7.99. The third-order valence-corrected chi connectivity index (χ3v) is 4.38. The summed E-state index contributed by atoms with van der Waals surface area (Å²) in [5.74, 6) is 0. The lowest BCUT2D eigenvalue weighted by molar-refractivity contribution is 0.601. The second-order valence-corrected chi connectivity index (χ2v) is 5.93. The Morgan fingerprint density at radius 2 is 2.18 bits per heavy atom. The number of nitrogens with zero attached hydrogens (tertiary/aromatic N) is 2. The van der Waals surface area contributed by atoms with Crippen molar-refractivity contribution in [3.63, 3.8) is 0 Å². The number of benzene rings is 1. The number of hydrogen-bond acceptors (Lipinski definition) is 6. The Hall–Kier alpha value is -1.38. The zero-order chi connectivity index (χ0) is 12.5. The molecule has 90 valence electrons. The Morgan fingerprint density at radius 1 is 1.41 bits per heavy atom. The summed E-state index contributed by atoms with van der Waals surface area (Å²) < 4.78 is 26.2. The Balaban J connectivity index is 2.41. The third kappa shape index (κ3) is 2.65. The Kier molecular flexibility index (Phi) is 3.18. The van der Waals surface area contributed by atoms with E-state index in [2.05, 4.69) is 14.9 Å². The number of nitrogens with two attached hydrogens (primary N) is 1. The maximum absolute atomic E-state index is 12.0. The van der Waals surface area contributed by atoms with Gasteiger partial charge in [0.15, 0.2) is 0 Å². The van der Waals surface area contributed by atoms with Crippen molar-refractivity contribution in [3.8, 4) is 0 Å². The molecule has 17 heavy (non-hydrogen) atoms. The standard InChI is InChI=1S/C8H7ClN4O2S2/c9-6-2-1-5(10)3-7(6)17(14,15)13-8-12-11-4-16-8/h1-4H,10H2,(H,12,13). The normalized spacial score (nSPS) is 11.4.